The summed E-state index contributed by atoms with van der Waals surface area (Å²) >= 11 is 1.57. The van der Waals surface area contributed by atoms with Crippen molar-refractivity contribution in [2.24, 2.45) is 0 Å². The van der Waals surface area contributed by atoms with E-state index in [2.05, 4.69) is 23.6 Å². The normalized spacial score (nSPS) is 15.3. The van der Waals surface area contributed by atoms with Gasteiger partial charge in [-0.05, 0) is 45.0 Å². The molecule has 1 aliphatic heterocycles. The van der Waals surface area contributed by atoms with Crippen LogP contribution in [0.1, 0.15) is 30.0 Å². The molecule has 0 fully saturated rings. The fourth-order valence-electron chi connectivity index (χ4n) is 2.58. The molecule has 0 saturated carbocycles. The van der Waals surface area contributed by atoms with Gasteiger partial charge in [-0.3, -0.25) is 4.79 Å². The number of carbonyl (C=O) groups is 1. The van der Waals surface area contributed by atoms with Crippen LogP contribution in [-0.2, 0) is 4.79 Å². The average Bonchev–Trinajstić information content (AvgIpc) is 2.77. The average molecular weight is 302 g/mol. The summed E-state index contributed by atoms with van der Waals surface area (Å²) in [5, 5.41) is 6.37. The number of furan rings is 1. The Balaban J connectivity index is 1.80. The first kappa shape index (κ1) is 14.1. The second-order valence-corrected chi connectivity index (χ2v) is 6.30. The van der Waals surface area contributed by atoms with E-state index in [1.165, 1.54) is 0 Å². The van der Waals surface area contributed by atoms with Crippen molar-refractivity contribution in [3.8, 4) is 0 Å². The molecule has 0 radical (unpaired) electrons. The zero-order valence-electron chi connectivity index (χ0n) is 12.3. The molecule has 110 valence electrons. The van der Waals surface area contributed by atoms with Crippen LogP contribution in [0.15, 0.2) is 33.6 Å². The van der Waals surface area contributed by atoms with Crippen LogP contribution < -0.4 is 10.6 Å². The standard InChI is InChI=1S/C16H18N2O2S/c1-9-6-13(11(3)20-9)10(2)17-12-4-5-15-14(7-12)18-16(19)8-21-15/h4-7,10,17H,8H2,1-3H3,(H,18,19). The van der Waals surface area contributed by atoms with Crippen LogP contribution in [0.2, 0.25) is 0 Å². The van der Waals surface area contributed by atoms with Crippen molar-refractivity contribution in [1.82, 2.24) is 0 Å². The first-order valence-electron chi connectivity index (χ1n) is 6.93. The van der Waals surface area contributed by atoms with E-state index in [1.54, 1.807) is 11.8 Å². The number of nitrogens with one attached hydrogen (secondary N) is 2. The predicted molar refractivity (Wildman–Crippen MR) is 86.0 cm³/mol. The van der Waals surface area contributed by atoms with Crippen LogP contribution in [-0.4, -0.2) is 11.7 Å². The number of hydrogen-bond acceptors (Lipinski definition) is 4. The van der Waals surface area contributed by atoms with Crippen molar-refractivity contribution >= 4 is 29.0 Å². The van der Waals surface area contributed by atoms with Gasteiger partial charge in [0, 0.05) is 16.1 Å². The minimum atomic E-state index is 0.0546. The Morgan fingerprint density at radius 2 is 2.14 bits per heavy atom. The van der Waals surface area contributed by atoms with Gasteiger partial charge in [0.2, 0.25) is 5.91 Å². The molecule has 1 atom stereocenters. The van der Waals surface area contributed by atoms with Crippen molar-refractivity contribution in [2.75, 3.05) is 16.4 Å². The summed E-state index contributed by atoms with van der Waals surface area (Å²) in [6.45, 7) is 6.03. The molecule has 5 heteroatoms. The van der Waals surface area contributed by atoms with Gasteiger partial charge in [0.05, 0.1) is 17.5 Å². The number of anilines is 2. The quantitative estimate of drug-likeness (QED) is 0.895. The molecule has 21 heavy (non-hydrogen) atoms. The van der Waals surface area contributed by atoms with Crippen LogP contribution in [0, 0.1) is 13.8 Å². The first-order chi connectivity index (χ1) is 10.0. The fourth-order valence-corrected chi connectivity index (χ4v) is 3.37. The van der Waals surface area contributed by atoms with Gasteiger partial charge >= 0.3 is 0 Å². The molecule has 0 spiro atoms. The third-order valence-electron chi connectivity index (χ3n) is 3.54. The van der Waals surface area contributed by atoms with E-state index in [1.807, 2.05) is 32.0 Å². The monoisotopic (exact) mass is 302 g/mol. The van der Waals surface area contributed by atoms with Crippen molar-refractivity contribution in [3.05, 3.63) is 41.3 Å². The zero-order valence-corrected chi connectivity index (χ0v) is 13.1. The Morgan fingerprint density at radius 1 is 1.33 bits per heavy atom. The summed E-state index contributed by atoms with van der Waals surface area (Å²) in [6, 6.07) is 8.28. The fraction of sp³-hybridized carbons (Fsp3) is 0.312. The van der Waals surface area contributed by atoms with Crippen LogP contribution in [0.25, 0.3) is 0 Å². The van der Waals surface area contributed by atoms with Crippen LogP contribution in [0.4, 0.5) is 11.4 Å². The van der Waals surface area contributed by atoms with Crippen molar-refractivity contribution in [3.63, 3.8) is 0 Å². The molecule has 1 aliphatic rings. The molecule has 0 aliphatic carbocycles. The number of thioether (sulfide) groups is 1. The van der Waals surface area contributed by atoms with Gasteiger partial charge in [-0.25, -0.2) is 0 Å². The number of amides is 1. The molecule has 1 aromatic heterocycles. The minimum absolute atomic E-state index is 0.0546. The first-order valence-corrected chi connectivity index (χ1v) is 7.91. The number of carbonyl (C=O) groups excluding carboxylic acids is 1. The number of fused-ring (bicyclic) bond motifs is 1. The molecule has 1 unspecified atom stereocenters. The van der Waals surface area contributed by atoms with Gasteiger partial charge in [0.15, 0.2) is 0 Å². The van der Waals surface area contributed by atoms with Gasteiger partial charge < -0.3 is 15.1 Å². The molecule has 0 bridgehead atoms. The van der Waals surface area contributed by atoms with E-state index in [0.29, 0.717) is 5.75 Å². The molecule has 1 aromatic carbocycles. The summed E-state index contributed by atoms with van der Waals surface area (Å²) in [5.74, 6) is 2.41. The SMILES string of the molecule is Cc1cc(C(C)Nc2ccc3c(c2)NC(=O)CS3)c(C)o1. The Hall–Kier alpha value is -1.88. The highest BCUT2D eigenvalue weighted by Gasteiger charge is 2.17. The molecule has 2 N–H and O–H groups in total. The Kier molecular flexibility index (Phi) is 3.68. The van der Waals surface area contributed by atoms with Crippen LogP contribution >= 0.6 is 11.8 Å². The van der Waals surface area contributed by atoms with E-state index < -0.39 is 0 Å². The molecule has 3 rings (SSSR count). The lowest BCUT2D eigenvalue weighted by Gasteiger charge is -2.19. The summed E-state index contributed by atoms with van der Waals surface area (Å²) in [5.41, 5.74) is 3.03. The topological polar surface area (TPSA) is 54.3 Å². The van der Waals surface area contributed by atoms with E-state index in [-0.39, 0.29) is 11.9 Å². The molecular weight excluding hydrogens is 284 g/mol. The van der Waals surface area contributed by atoms with Gasteiger partial charge in [-0.15, -0.1) is 11.8 Å². The second-order valence-electron chi connectivity index (χ2n) is 5.28. The van der Waals surface area contributed by atoms with Crippen molar-refractivity contribution in [1.29, 1.82) is 0 Å². The van der Waals surface area contributed by atoms with Gasteiger partial charge in [0.25, 0.3) is 0 Å². The summed E-state index contributed by atoms with van der Waals surface area (Å²) in [4.78, 5) is 12.6. The Labute approximate surface area is 128 Å². The minimum Gasteiger partial charge on any atom is -0.466 e. The van der Waals surface area contributed by atoms with E-state index >= 15 is 0 Å². The third-order valence-corrected chi connectivity index (χ3v) is 4.61. The van der Waals surface area contributed by atoms with Gasteiger partial charge in [-0.1, -0.05) is 0 Å². The molecule has 4 nitrogen and oxygen atoms in total. The maximum atomic E-state index is 11.5. The van der Waals surface area contributed by atoms with E-state index in [0.717, 1.165) is 33.4 Å². The summed E-state index contributed by atoms with van der Waals surface area (Å²) < 4.78 is 5.58. The predicted octanol–water partition coefficient (Wildman–Crippen LogP) is 4.11. The lowest BCUT2D eigenvalue weighted by molar-refractivity contribution is -0.113. The molecule has 2 aromatic rings. The second kappa shape index (κ2) is 5.48. The molecular formula is C16H18N2O2S. The maximum absolute atomic E-state index is 11.5. The Bertz CT molecular complexity index is 694. The van der Waals surface area contributed by atoms with Gasteiger partial charge in [0.1, 0.15) is 11.5 Å². The van der Waals surface area contributed by atoms with Crippen LogP contribution in [0.3, 0.4) is 0 Å². The number of benzene rings is 1. The lowest BCUT2D eigenvalue weighted by Crippen LogP contribution is -2.18. The van der Waals surface area contributed by atoms with Crippen LogP contribution in [0.5, 0.6) is 0 Å². The number of hydrogen-bond donors (Lipinski definition) is 2. The number of rotatable bonds is 3. The largest absolute Gasteiger partial charge is 0.466 e. The zero-order chi connectivity index (χ0) is 15.0. The van der Waals surface area contributed by atoms with Crippen molar-refractivity contribution < 1.29 is 9.21 Å². The van der Waals surface area contributed by atoms with E-state index in [9.17, 15) is 4.79 Å². The maximum Gasteiger partial charge on any atom is 0.234 e. The summed E-state index contributed by atoms with van der Waals surface area (Å²) in [6.07, 6.45) is 0. The highest BCUT2D eigenvalue weighted by molar-refractivity contribution is 8.00. The smallest absolute Gasteiger partial charge is 0.234 e. The Morgan fingerprint density at radius 3 is 2.86 bits per heavy atom. The number of aryl methyl sites for hydroxylation is 2. The summed E-state index contributed by atoms with van der Waals surface area (Å²) in [7, 11) is 0. The molecule has 0 saturated heterocycles. The molecule has 2 heterocycles. The highest BCUT2D eigenvalue weighted by atomic mass is 32.2. The lowest BCUT2D eigenvalue weighted by atomic mass is 10.1. The van der Waals surface area contributed by atoms with E-state index in [4.69, 9.17) is 4.42 Å². The molecule has 1 amide bonds. The third kappa shape index (κ3) is 2.93. The highest BCUT2D eigenvalue weighted by Crippen LogP contribution is 2.34. The van der Waals surface area contributed by atoms with Gasteiger partial charge in [-0.2, -0.15) is 0 Å². The van der Waals surface area contributed by atoms with Crippen molar-refractivity contribution in [2.45, 2.75) is 31.7 Å².